The van der Waals surface area contributed by atoms with Crippen molar-refractivity contribution < 1.29 is 27.1 Å². The van der Waals surface area contributed by atoms with Crippen LogP contribution in [0.4, 0.5) is 10.1 Å². The van der Waals surface area contributed by atoms with Crippen molar-refractivity contribution in [3.63, 3.8) is 0 Å². The minimum absolute atomic E-state index is 0.00217. The van der Waals surface area contributed by atoms with Crippen LogP contribution in [-0.2, 0) is 32.5 Å². The molecule has 1 aliphatic carbocycles. The number of nitrogens with zero attached hydrogens (tertiary/aromatic N) is 1. The first-order valence-electron chi connectivity index (χ1n) is 11.0. The van der Waals surface area contributed by atoms with Crippen LogP contribution in [-0.4, -0.2) is 38.8 Å². The number of fused-ring (bicyclic) bond motifs is 1. The number of thiophene rings is 1. The van der Waals surface area contributed by atoms with Gasteiger partial charge in [-0.2, -0.15) is 0 Å². The fourth-order valence-electron chi connectivity index (χ4n) is 4.53. The number of nitrogens with one attached hydrogen (secondary N) is 1. The summed E-state index contributed by atoms with van der Waals surface area (Å²) in [6, 6.07) is 4.04. The van der Waals surface area contributed by atoms with Gasteiger partial charge in [0.2, 0.25) is 5.91 Å². The molecule has 0 atom stereocenters. The van der Waals surface area contributed by atoms with E-state index in [1.54, 1.807) is 11.8 Å². The fourth-order valence-corrected chi connectivity index (χ4v) is 7.48. The van der Waals surface area contributed by atoms with Crippen LogP contribution in [0.3, 0.4) is 0 Å². The first-order valence-corrected chi connectivity index (χ1v) is 13.3. The molecule has 0 spiro atoms. The lowest BCUT2D eigenvalue weighted by Crippen LogP contribution is -2.40. The number of sulfonamides is 1. The van der Waals surface area contributed by atoms with Crippen molar-refractivity contribution in [1.82, 2.24) is 4.90 Å². The highest BCUT2D eigenvalue weighted by Gasteiger charge is 2.36. The summed E-state index contributed by atoms with van der Waals surface area (Å²) in [7, 11) is -2.98. The minimum Gasteiger partial charge on any atom is -0.465 e. The first kappa shape index (κ1) is 23.7. The fraction of sp³-hybridized carbons (Fsp3) is 0.478. The third kappa shape index (κ3) is 4.77. The van der Waals surface area contributed by atoms with Crippen LogP contribution in [0.2, 0.25) is 0 Å². The summed E-state index contributed by atoms with van der Waals surface area (Å²) in [4.78, 5) is 28.0. The van der Waals surface area contributed by atoms with E-state index in [2.05, 4.69) is 4.72 Å². The molecule has 0 radical (unpaired) electrons. The summed E-state index contributed by atoms with van der Waals surface area (Å²) in [5.41, 5.74) is 1.06. The number of rotatable bonds is 5. The standard InChI is InChI=1S/C23H27FN2O5S2/c1-14-8-9-16(12-18(14)24)25-33(29,30)23-20(22(28)31-2)17-10-11-26(13-19(17)32-23)21(27)15-6-4-3-5-7-15/h8-9,12,15,25H,3-7,10-11,13H2,1-2H3. The molecule has 1 fully saturated rings. The SMILES string of the molecule is COC(=O)c1c(S(=O)(=O)Nc2ccc(C)c(F)c2)sc2c1CCN(C(=O)C1CCCCC1)C2. The number of hydrogen-bond acceptors (Lipinski definition) is 6. The van der Waals surface area contributed by atoms with Crippen molar-refractivity contribution in [3.8, 4) is 0 Å². The average molecular weight is 495 g/mol. The number of hydrogen-bond donors (Lipinski definition) is 1. The molecule has 1 aromatic heterocycles. The maximum Gasteiger partial charge on any atom is 0.340 e. The molecule has 10 heteroatoms. The number of anilines is 1. The number of methoxy groups -OCH3 is 1. The lowest BCUT2D eigenvalue weighted by molar-refractivity contribution is -0.137. The Bertz CT molecular complexity index is 1190. The Morgan fingerprint density at radius 2 is 1.94 bits per heavy atom. The zero-order valence-electron chi connectivity index (χ0n) is 18.6. The van der Waals surface area contributed by atoms with Gasteiger partial charge < -0.3 is 9.64 Å². The predicted molar refractivity (Wildman–Crippen MR) is 123 cm³/mol. The molecule has 7 nitrogen and oxygen atoms in total. The summed E-state index contributed by atoms with van der Waals surface area (Å²) in [6.45, 7) is 2.28. The van der Waals surface area contributed by atoms with E-state index in [1.165, 1.54) is 19.2 Å². The molecular formula is C23H27FN2O5S2. The Labute approximate surface area is 197 Å². The van der Waals surface area contributed by atoms with Crippen LogP contribution >= 0.6 is 11.3 Å². The number of ether oxygens (including phenoxy) is 1. The van der Waals surface area contributed by atoms with Crippen LogP contribution in [0.25, 0.3) is 0 Å². The van der Waals surface area contributed by atoms with Gasteiger partial charge >= 0.3 is 5.97 Å². The Kier molecular flexibility index (Phi) is 6.76. The molecule has 178 valence electrons. The second-order valence-corrected chi connectivity index (χ2v) is 11.6. The molecule has 2 heterocycles. The van der Waals surface area contributed by atoms with Crippen molar-refractivity contribution >= 4 is 38.9 Å². The van der Waals surface area contributed by atoms with Crippen molar-refractivity contribution in [2.75, 3.05) is 18.4 Å². The minimum atomic E-state index is -4.18. The van der Waals surface area contributed by atoms with E-state index < -0.39 is 21.8 Å². The smallest absolute Gasteiger partial charge is 0.340 e. The number of halogens is 1. The molecular weight excluding hydrogens is 467 g/mol. The van der Waals surface area contributed by atoms with Crippen molar-refractivity contribution in [2.24, 2.45) is 5.92 Å². The highest BCUT2D eigenvalue weighted by molar-refractivity contribution is 7.94. The molecule has 2 aromatic rings. The van der Waals surface area contributed by atoms with Crippen LogP contribution in [0.1, 0.15) is 58.5 Å². The van der Waals surface area contributed by atoms with Crippen molar-refractivity contribution in [2.45, 2.75) is 56.2 Å². The summed E-state index contributed by atoms with van der Waals surface area (Å²) < 4.78 is 47.4. The average Bonchev–Trinajstić information content (AvgIpc) is 3.21. The van der Waals surface area contributed by atoms with Crippen LogP contribution in [0.5, 0.6) is 0 Å². The number of esters is 1. The van der Waals surface area contributed by atoms with Gasteiger partial charge in [-0.1, -0.05) is 25.3 Å². The Balaban J connectivity index is 1.65. The van der Waals surface area contributed by atoms with E-state index in [-0.39, 0.29) is 33.8 Å². The van der Waals surface area contributed by atoms with E-state index in [9.17, 15) is 22.4 Å². The number of aryl methyl sites for hydroxylation is 1. The van der Waals surface area contributed by atoms with Gasteiger partial charge in [0.1, 0.15) is 5.82 Å². The number of benzene rings is 1. The molecule has 1 amide bonds. The van der Waals surface area contributed by atoms with Gasteiger partial charge in [0.15, 0.2) is 4.21 Å². The molecule has 0 bridgehead atoms. The molecule has 1 aromatic carbocycles. The molecule has 4 rings (SSSR count). The van der Waals surface area contributed by atoms with E-state index in [1.807, 2.05) is 0 Å². The molecule has 0 saturated heterocycles. The van der Waals surface area contributed by atoms with Gasteiger partial charge in [-0.3, -0.25) is 9.52 Å². The lowest BCUT2D eigenvalue weighted by Gasteiger charge is -2.32. The first-order chi connectivity index (χ1) is 15.7. The van der Waals surface area contributed by atoms with E-state index in [0.29, 0.717) is 29.0 Å². The Hall–Kier alpha value is -2.46. The van der Waals surface area contributed by atoms with Crippen LogP contribution in [0.15, 0.2) is 22.4 Å². The topological polar surface area (TPSA) is 92.8 Å². The van der Waals surface area contributed by atoms with Gasteiger partial charge in [-0.05, 0) is 49.4 Å². The molecule has 1 saturated carbocycles. The highest BCUT2D eigenvalue weighted by Crippen LogP contribution is 2.38. The third-order valence-electron chi connectivity index (χ3n) is 6.35. The number of amides is 1. The third-order valence-corrected chi connectivity index (χ3v) is 9.46. The lowest BCUT2D eigenvalue weighted by atomic mass is 9.88. The molecule has 1 N–H and O–H groups in total. The van der Waals surface area contributed by atoms with Gasteiger partial charge in [0, 0.05) is 17.3 Å². The second kappa shape index (κ2) is 9.42. The van der Waals surface area contributed by atoms with Crippen molar-refractivity contribution in [3.05, 3.63) is 45.6 Å². The molecule has 1 aliphatic heterocycles. The predicted octanol–water partition coefficient (Wildman–Crippen LogP) is 4.25. The Morgan fingerprint density at radius 1 is 1.21 bits per heavy atom. The largest absolute Gasteiger partial charge is 0.465 e. The molecule has 2 aliphatic rings. The van der Waals surface area contributed by atoms with Gasteiger partial charge in [0.05, 0.1) is 24.9 Å². The highest BCUT2D eigenvalue weighted by atomic mass is 32.2. The van der Waals surface area contributed by atoms with E-state index >= 15 is 0 Å². The Morgan fingerprint density at radius 3 is 2.61 bits per heavy atom. The normalized spacial score (nSPS) is 16.9. The monoisotopic (exact) mass is 494 g/mol. The van der Waals surface area contributed by atoms with Gasteiger partial charge in [-0.15, -0.1) is 11.3 Å². The quantitative estimate of drug-likeness (QED) is 0.628. The summed E-state index contributed by atoms with van der Waals surface area (Å²) in [5, 5.41) is 0. The van der Waals surface area contributed by atoms with E-state index in [4.69, 9.17) is 4.74 Å². The van der Waals surface area contributed by atoms with E-state index in [0.717, 1.165) is 49.5 Å². The maximum absolute atomic E-state index is 13.9. The van der Waals surface area contributed by atoms with Crippen LogP contribution < -0.4 is 4.72 Å². The zero-order valence-corrected chi connectivity index (χ0v) is 20.3. The summed E-state index contributed by atoms with van der Waals surface area (Å²) >= 11 is 0.968. The van der Waals surface area contributed by atoms with Crippen molar-refractivity contribution in [1.29, 1.82) is 0 Å². The zero-order chi connectivity index (χ0) is 23.8. The van der Waals surface area contributed by atoms with Crippen LogP contribution in [0, 0.1) is 18.7 Å². The number of carbonyl (C=O) groups excluding carboxylic acids is 2. The maximum atomic E-state index is 13.9. The van der Waals surface area contributed by atoms with Gasteiger partial charge in [0.25, 0.3) is 10.0 Å². The summed E-state index contributed by atoms with van der Waals surface area (Å²) in [6.07, 6.45) is 5.40. The number of carbonyl (C=O) groups is 2. The molecule has 33 heavy (non-hydrogen) atoms. The van der Waals surface area contributed by atoms with Gasteiger partial charge in [-0.25, -0.2) is 17.6 Å². The molecule has 0 unspecified atom stereocenters. The summed E-state index contributed by atoms with van der Waals surface area (Å²) in [5.74, 6) is -1.16. The second-order valence-electron chi connectivity index (χ2n) is 8.57.